The molecule has 43 heavy (non-hydrogen) atoms. The number of benzene rings is 4. The number of aromatic nitrogens is 1. The van der Waals surface area contributed by atoms with Crippen molar-refractivity contribution in [3.8, 4) is 11.5 Å². The number of aliphatic hydroxyl groups is 1. The summed E-state index contributed by atoms with van der Waals surface area (Å²) < 4.78 is 12.8. The molecule has 2 aliphatic heterocycles. The van der Waals surface area contributed by atoms with Crippen LogP contribution in [0.5, 0.6) is 11.5 Å². The molecule has 4 aromatic carbocycles. The molecule has 7 rings (SSSR count). The maximum absolute atomic E-state index is 13.8. The van der Waals surface area contributed by atoms with Crippen LogP contribution in [0.3, 0.4) is 0 Å². The van der Waals surface area contributed by atoms with E-state index >= 15 is 0 Å². The Morgan fingerprint density at radius 1 is 1.02 bits per heavy atom. The lowest BCUT2D eigenvalue weighted by molar-refractivity contribution is -0.132. The van der Waals surface area contributed by atoms with Gasteiger partial charge in [-0.15, -0.1) is 0 Å². The number of fused-ring (bicyclic) bond motifs is 2. The number of ether oxygens (including phenoxy) is 2. The van der Waals surface area contributed by atoms with Gasteiger partial charge in [0.05, 0.1) is 21.8 Å². The van der Waals surface area contributed by atoms with E-state index in [0.29, 0.717) is 35.0 Å². The molecular weight excluding hydrogens is 560 g/mol. The third-order valence-electron chi connectivity index (χ3n) is 7.77. The molecule has 2 aliphatic rings. The second-order valence-corrected chi connectivity index (χ2v) is 11.9. The largest absolute Gasteiger partial charge is 0.507 e. The SMILES string of the molecule is Cc1ccc2nc(N3C(=O)C(=O)C(=C(O)c4ccc5c(c4)C[C@@H](C)O5)[C@@H]3c3cccc(OCc4ccccc4)c3)sc2c1. The van der Waals surface area contributed by atoms with Crippen molar-refractivity contribution < 1.29 is 24.2 Å². The number of carbonyl (C=O) groups excluding carboxylic acids is 2. The molecule has 0 aliphatic carbocycles. The number of thiazole rings is 1. The molecule has 0 bridgehead atoms. The minimum atomic E-state index is -0.912. The van der Waals surface area contributed by atoms with Gasteiger partial charge in [-0.25, -0.2) is 4.98 Å². The lowest BCUT2D eigenvalue weighted by Gasteiger charge is -2.23. The van der Waals surface area contributed by atoms with Gasteiger partial charge in [0.25, 0.3) is 5.78 Å². The van der Waals surface area contributed by atoms with Crippen LogP contribution in [0.4, 0.5) is 5.13 Å². The van der Waals surface area contributed by atoms with Gasteiger partial charge in [0.15, 0.2) is 5.13 Å². The quantitative estimate of drug-likeness (QED) is 0.129. The number of Topliss-reactive ketones (excluding diaryl/α,β-unsaturated/α-hetero) is 1. The van der Waals surface area contributed by atoms with E-state index < -0.39 is 17.7 Å². The average Bonchev–Trinajstić information content (AvgIpc) is 3.68. The van der Waals surface area contributed by atoms with E-state index in [1.165, 1.54) is 16.2 Å². The molecule has 7 nitrogen and oxygen atoms in total. The first-order valence-electron chi connectivity index (χ1n) is 14.1. The predicted molar refractivity (Wildman–Crippen MR) is 167 cm³/mol. The molecule has 2 atom stereocenters. The molecule has 0 unspecified atom stereocenters. The highest BCUT2D eigenvalue weighted by Crippen LogP contribution is 2.45. The van der Waals surface area contributed by atoms with E-state index in [1.54, 1.807) is 12.1 Å². The fraction of sp³-hybridized carbons (Fsp3) is 0.171. The number of aliphatic hydroxyl groups excluding tert-OH is 1. The van der Waals surface area contributed by atoms with Crippen molar-refractivity contribution in [2.24, 2.45) is 0 Å². The number of aryl methyl sites for hydroxylation is 1. The number of rotatable bonds is 6. The lowest BCUT2D eigenvalue weighted by atomic mass is 9.94. The summed E-state index contributed by atoms with van der Waals surface area (Å²) in [5.74, 6) is -0.403. The van der Waals surface area contributed by atoms with Crippen LogP contribution < -0.4 is 14.4 Å². The monoisotopic (exact) mass is 588 g/mol. The van der Waals surface area contributed by atoms with E-state index in [1.807, 2.05) is 92.7 Å². The van der Waals surface area contributed by atoms with Crippen molar-refractivity contribution in [3.63, 3.8) is 0 Å². The number of hydrogen-bond acceptors (Lipinski definition) is 7. The Labute approximate surface area is 252 Å². The molecule has 1 saturated heterocycles. The Morgan fingerprint density at radius 2 is 1.86 bits per heavy atom. The van der Waals surface area contributed by atoms with Gasteiger partial charge in [-0.3, -0.25) is 14.5 Å². The normalized spacial score (nSPS) is 19.1. The first kappa shape index (κ1) is 26.9. The Kier molecular flexibility index (Phi) is 6.70. The maximum Gasteiger partial charge on any atom is 0.301 e. The second-order valence-electron chi connectivity index (χ2n) is 10.9. The van der Waals surface area contributed by atoms with Gasteiger partial charge < -0.3 is 14.6 Å². The molecular formula is C35H28N2O5S. The predicted octanol–water partition coefficient (Wildman–Crippen LogP) is 7.13. The minimum absolute atomic E-state index is 0.00700. The van der Waals surface area contributed by atoms with Crippen LogP contribution in [0.2, 0.25) is 0 Å². The molecule has 3 heterocycles. The van der Waals surface area contributed by atoms with Crippen molar-refractivity contribution in [3.05, 3.63) is 124 Å². The molecule has 0 saturated carbocycles. The topological polar surface area (TPSA) is 89.0 Å². The summed E-state index contributed by atoms with van der Waals surface area (Å²) in [4.78, 5) is 33.6. The van der Waals surface area contributed by atoms with Crippen LogP contribution in [0, 0.1) is 6.92 Å². The Bertz CT molecular complexity index is 1930. The smallest absolute Gasteiger partial charge is 0.301 e. The zero-order valence-corrected chi connectivity index (χ0v) is 24.4. The van der Waals surface area contributed by atoms with Crippen molar-refractivity contribution in [2.75, 3.05) is 4.90 Å². The van der Waals surface area contributed by atoms with Crippen LogP contribution >= 0.6 is 11.3 Å². The highest BCUT2D eigenvalue weighted by molar-refractivity contribution is 7.22. The summed E-state index contributed by atoms with van der Waals surface area (Å²) in [7, 11) is 0. The Morgan fingerprint density at radius 3 is 2.70 bits per heavy atom. The van der Waals surface area contributed by atoms with E-state index in [2.05, 4.69) is 0 Å². The van der Waals surface area contributed by atoms with Gasteiger partial charge in [-0.1, -0.05) is 59.9 Å². The van der Waals surface area contributed by atoms with Crippen molar-refractivity contribution in [2.45, 2.75) is 39.0 Å². The summed E-state index contributed by atoms with van der Waals surface area (Å²) in [6, 6.07) is 27.4. The first-order chi connectivity index (χ1) is 20.9. The molecule has 1 aromatic heterocycles. The summed E-state index contributed by atoms with van der Waals surface area (Å²) in [5.41, 5.74) is 4.85. The zero-order chi connectivity index (χ0) is 29.7. The molecule has 1 amide bonds. The van der Waals surface area contributed by atoms with Gasteiger partial charge >= 0.3 is 5.91 Å². The van der Waals surface area contributed by atoms with Crippen molar-refractivity contribution in [1.29, 1.82) is 0 Å². The summed E-state index contributed by atoms with van der Waals surface area (Å²) >= 11 is 1.34. The Hall–Kier alpha value is -4.95. The molecule has 8 heteroatoms. The van der Waals surface area contributed by atoms with Crippen LogP contribution in [0.15, 0.2) is 96.6 Å². The highest BCUT2D eigenvalue weighted by atomic mass is 32.1. The zero-order valence-electron chi connectivity index (χ0n) is 23.6. The van der Waals surface area contributed by atoms with Crippen molar-refractivity contribution in [1.82, 2.24) is 4.98 Å². The molecule has 0 spiro atoms. The lowest BCUT2D eigenvalue weighted by Crippen LogP contribution is -2.29. The number of anilines is 1. The van der Waals surface area contributed by atoms with E-state index in [9.17, 15) is 14.7 Å². The molecule has 1 N–H and O–H groups in total. The van der Waals surface area contributed by atoms with Gasteiger partial charge in [-0.05, 0) is 78.6 Å². The highest BCUT2D eigenvalue weighted by Gasteiger charge is 2.48. The van der Waals surface area contributed by atoms with Gasteiger partial charge in [-0.2, -0.15) is 0 Å². The first-order valence-corrected chi connectivity index (χ1v) is 14.9. The third-order valence-corrected chi connectivity index (χ3v) is 8.79. The number of hydrogen-bond donors (Lipinski definition) is 1. The standard InChI is InChI=1S/C35H28N2O5S/c1-20-11-13-27-29(15-20)43-35(36-27)37-31(23-9-6-10-26(18-23)41-19-22-7-4-3-5-8-22)30(33(39)34(37)40)32(38)24-12-14-28-25(17-24)16-21(2)42-28/h3-15,17-18,21,31,38H,16,19H2,1-2H3/t21-,31+/m1/s1. The Balaban J connectivity index is 1.35. The minimum Gasteiger partial charge on any atom is -0.507 e. The molecule has 1 fully saturated rings. The van der Waals surface area contributed by atoms with Crippen LogP contribution in [-0.2, 0) is 22.6 Å². The molecule has 214 valence electrons. The van der Waals surface area contributed by atoms with Gasteiger partial charge in [0.2, 0.25) is 0 Å². The van der Waals surface area contributed by atoms with Gasteiger partial charge in [0.1, 0.15) is 30.0 Å². The summed E-state index contributed by atoms with van der Waals surface area (Å²) in [5, 5.41) is 12.1. The van der Waals surface area contributed by atoms with E-state index in [-0.39, 0.29) is 17.4 Å². The number of ketones is 1. The number of carbonyl (C=O) groups is 2. The van der Waals surface area contributed by atoms with E-state index in [0.717, 1.165) is 32.7 Å². The summed E-state index contributed by atoms with van der Waals surface area (Å²) in [6.45, 7) is 4.34. The van der Waals surface area contributed by atoms with Gasteiger partial charge in [0, 0.05) is 12.0 Å². The number of amides is 1. The second kappa shape index (κ2) is 10.7. The van der Waals surface area contributed by atoms with E-state index in [4.69, 9.17) is 14.5 Å². The average molecular weight is 589 g/mol. The van der Waals surface area contributed by atoms with Crippen LogP contribution in [0.1, 0.15) is 40.8 Å². The molecule has 5 aromatic rings. The fourth-order valence-electron chi connectivity index (χ4n) is 5.71. The number of nitrogens with zero attached hydrogens (tertiary/aromatic N) is 2. The maximum atomic E-state index is 13.8. The molecule has 0 radical (unpaired) electrons. The summed E-state index contributed by atoms with van der Waals surface area (Å²) in [6.07, 6.45) is 0.722. The van der Waals surface area contributed by atoms with Crippen LogP contribution in [-0.4, -0.2) is 27.9 Å². The van der Waals surface area contributed by atoms with Crippen LogP contribution in [0.25, 0.3) is 16.0 Å². The third kappa shape index (κ3) is 4.93. The fourth-order valence-corrected chi connectivity index (χ4v) is 6.80. The van der Waals surface area contributed by atoms with Crippen molar-refractivity contribution >= 4 is 44.1 Å².